The summed E-state index contributed by atoms with van der Waals surface area (Å²) < 4.78 is 7.61. The zero-order valence-electron chi connectivity index (χ0n) is 12.0. The van der Waals surface area contributed by atoms with Crippen LogP contribution in [-0.2, 0) is 18.4 Å². The van der Waals surface area contributed by atoms with Crippen LogP contribution in [0, 0.1) is 0 Å². The average molecular weight is 297 g/mol. The number of hydrogen-bond donors (Lipinski definition) is 1. The molecule has 0 saturated carbocycles. The zero-order valence-corrected chi connectivity index (χ0v) is 12.0. The number of rotatable bonds is 2. The first-order valence-corrected chi connectivity index (χ1v) is 6.76. The Kier molecular flexibility index (Phi) is 3.42. The highest BCUT2D eigenvalue weighted by Crippen LogP contribution is 2.16. The van der Waals surface area contributed by atoms with Crippen molar-refractivity contribution in [1.29, 1.82) is 0 Å². The molecular weight excluding hydrogens is 282 g/mol. The van der Waals surface area contributed by atoms with Gasteiger partial charge in [-0.15, -0.1) is 0 Å². The van der Waals surface area contributed by atoms with Crippen molar-refractivity contribution in [1.82, 2.24) is 9.13 Å². The van der Waals surface area contributed by atoms with E-state index in [1.807, 2.05) is 30.3 Å². The van der Waals surface area contributed by atoms with Gasteiger partial charge in [-0.2, -0.15) is 4.57 Å². The van der Waals surface area contributed by atoms with Crippen LogP contribution in [0.2, 0.25) is 0 Å². The monoisotopic (exact) mass is 297 g/mol. The van der Waals surface area contributed by atoms with E-state index < -0.39 is 11.8 Å². The summed E-state index contributed by atoms with van der Waals surface area (Å²) in [6.45, 7) is 0.102. The van der Waals surface area contributed by atoms with Crippen LogP contribution in [0.25, 0.3) is 11.0 Å². The molecule has 2 N–H and O–H groups in total. The average Bonchev–Trinajstić information content (AvgIpc) is 2.77. The van der Waals surface area contributed by atoms with Gasteiger partial charge in [-0.3, -0.25) is 4.57 Å². The second-order valence-corrected chi connectivity index (χ2v) is 4.97. The summed E-state index contributed by atoms with van der Waals surface area (Å²) in [6, 6.07) is 14.2. The van der Waals surface area contributed by atoms with Crippen LogP contribution in [0.4, 0.5) is 10.5 Å². The van der Waals surface area contributed by atoms with Gasteiger partial charge in [0.1, 0.15) is 6.61 Å². The molecule has 0 aliphatic rings. The van der Waals surface area contributed by atoms with Crippen molar-refractivity contribution >= 4 is 22.8 Å². The Labute approximate surface area is 126 Å². The van der Waals surface area contributed by atoms with Crippen LogP contribution < -0.4 is 11.4 Å². The van der Waals surface area contributed by atoms with Crippen LogP contribution in [0.3, 0.4) is 0 Å². The number of imidazole rings is 1. The van der Waals surface area contributed by atoms with Crippen molar-refractivity contribution in [2.75, 3.05) is 5.73 Å². The van der Waals surface area contributed by atoms with Crippen LogP contribution in [0.1, 0.15) is 5.56 Å². The number of aromatic nitrogens is 2. The van der Waals surface area contributed by atoms with Gasteiger partial charge in [0.25, 0.3) is 0 Å². The molecule has 0 radical (unpaired) electrons. The largest absolute Gasteiger partial charge is 0.444 e. The molecule has 6 heteroatoms. The molecule has 3 rings (SSSR count). The second-order valence-electron chi connectivity index (χ2n) is 4.97. The first-order valence-electron chi connectivity index (χ1n) is 6.76. The van der Waals surface area contributed by atoms with Crippen molar-refractivity contribution in [2.45, 2.75) is 6.61 Å². The lowest BCUT2D eigenvalue weighted by atomic mass is 10.2. The molecule has 0 saturated heterocycles. The van der Waals surface area contributed by atoms with Crippen molar-refractivity contribution < 1.29 is 9.53 Å². The lowest BCUT2D eigenvalue weighted by Crippen LogP contribution is -2.28. The minimum atomic E-state index is -0.718. The molecule has 112 valence electrons. The van der Waals surface area contributed by atoms with E-state index in [0.29, 0.717) is 16.7 Å². The summed E-state index contributed by atoms with van der Waals surface area (Å²) in [5, 5.41) is 0. The number of fused-ring (bicyclic) bond motifs is 1. The number of nitrogens with two attached hydrogens (primary N) is 1. The Hall–Kier alpha value is -3.02. The van der Waals surface area contributed by atoms with Gasteiger partial charge < -0.3 is 10.5 Å². The van der Waals surface area contributed by atoms with Gasteiger partial charge in [0.05, 0.1) is 11.0 Å². The Bertz CT molecular complexity index is 894. The molecule has 0 amide bonds. The van der Waals surface area contributed by atoms with Gasteiger partial charge in [-0.25, -0.2) is 9.59 Å². The maximum Gasteiger partial charge on any atom is 0.423 e. The van der Waals surface area contributed by atoms with Crippen molar-refractivity contribution in [3.63, 3.8) is 0 Å². The van der Waals surface area contributed by atoms with E-state index >= 15 is 0 Å². The summed E-state index contributed by atoms with van der Waals surface area (Å²) in [4.78, 5) is 24.5. The van der Waals surface area contributed by atoms with Gasteiger partial charge in [0.2, 0.25) is 0 Å². The summed E-state index contributed by atoms with van der Waals surface area (Å²) in [6.07, 6.45) is -0.718. The SMILES string of the molecule is Cn1c(=O)n(C(=O)OCc2ccccc2)c2cc(N)ccc21. The number of nitrogens with zero attached hydrogens (tertiary/aromatic N) is 2. The quantitative estimate of drug-likeness (QED) is 0.735. The predicted octanol–water partition coefficient (Wildman–Crippen LogP) is 2.11. The van der Waals surface area contributed by atoms with E-state index in [2.05, 4.69) is 0 Å². The lowest BCUT2D eigenvalue weighted by Gasteiger charge is -2.05. The zero-order chi connectivity index (χ0) is 15.7. The first-order chi connectivity index (χ1) is 10.6. The van der Waals surface area contributed by atoms with Crippen LogP contribution in [0.15, 0.2) is 53.3 Å². The molecule has 0 unspecified atom stereocenters. The highest BCUT2D eigenvalue weighted by molar-refractivity contribution is 5.88. The first kappa shape index (κ1) is 13.9. The molecule has 0 spiro atoms. The topological polar surface area (TPSA) is 79.2 Å². The van der Waals surface area contributed by atoms with Gasteiger partial charge in [0, 0.05) is 12.7 Å². The van der Waals surface area contributed by atoms with Crippen molar-refractivity contribution in [3.8, 4) is 0 Å². The molecule has 2 aromatic carbocycles. The third-order valence-corrected chi connectivity index (χ3v) is 3.47. The molecule has 1 heterocycles. The minimum Gasteiger partial charge on any atom is -0.444 e. The summed E-state index contributed by atoms with van der Waals surface area (Å²) >= 11 is 0. The van der Waals surface area contributed by atoms with Gasteiger partial charge in [-0.1, -0.05) is 30.3 Å². The fourth-order valence-electron chi connectivity index (χ4n) is 2.32. The predicted molar refractivity (Wildman–Crippen MR) is 83.6 cm³/mol. The second kappa shape index (κ2) is 5.40. The number of hydrogen-bond acceptors (Lipinski definition) is 4. The number of aryl methyl sites for hydroxylation is 1. The molecule has 0 aliphatic heterocycles. The van der Waals surface area contributed by atoms with Crippen LogP contribution >= 0.6 is 0 Å². The summed E-state index contributed by atoms with van der Waals surface area (Å²) in [5.74, 6) is 0. The van der Waals surface area contributed by atoms with E-state index in [-0.39, 0.29) is 6.61 Å². The van der Waals surface area contributed by atoms with E-state index in [1.54, 1.807) is 25.2 Å². The molecule has 6 nitrogen and oxygen atoms in total. The number of ether oxygens (including phenoxy) is 1. The number of carbonyl (C=O) groups excluding carboxylic acids is 1. The molecule has 1 aromatic heterocycles. The Balaban J connectivity index is 1.95. The van der Waals surface area contributed by atoms with E-state index in [4.69, 9.17) is 10.5 Å². The van der Waals surface area contributed by atoms with Crippen LogP contribution in [-0.4, -0.2) is 15.2 Å². The van der Waals surface area contributed by atoms with Crippen molar-refractivity contribution in [3.05, 3.63) is 64.6 Å². The minimum absolute atomic E-state index is 0.102. The fraction of sp³-hybridized carbons (Fsp3) is 0.125. The van der Waals surface area contributed by atoms with Crippen LogP contribution in [0.5, 0.6) is 0 Å². The molecular formula is C16H15N3O3. The van der Waals surface area contributed by atoms with Gasteiger partial charge in [-0.05, 0) is 23.8 Å². The van der Waals surface area contributed by atoms with Gasteiger partial charge >= 0.3 is 11.8 Å². The third-order valence-electron chi connectivity index (χ3n) is 3.47. The number of benzene rings is 2. The van der Waals surface area contributed by atoms with Crippen molar-refractivity contribution in [2.24, 2.45) is 7.05 Å². The molecule has 3 aromatic rings. The van der Waals surface area contributed by atoms with E-state index in [9.17, 15) is 9.59 Å². The molecule has 0 bridgehead atoms. The number of nitrogen functional groups attached to an aromatic ring is 1. The molecule has 0 fully saturated rings. The van der Waals surface area contributed by atoms with E-state index in [0.717, 1.165) is 10.1 Å². The lowest BCUT2D eigenvalue weighted by molar-refractivity contribution is 0.141. The third kappa shape index (κ3) is 2.35. The molecule has 0 aliphatic carbocycles. The Morgan fingerprint density at radius 1 is 1.14 bits per heavy atom. The molecule has 22 heavy (non-hydrogen) atoms. The molecule has 0 atom stereocenters. The van der Waals surface area contributed by atoms with E-state index in [1.165, 1.54) is 4.57 Å². The maximum atomic E-state index is 12.3. The summed E-state index contributed by atoms with van der Waals surface area (Å²) in [7, 11) is 1.60. The number of carbonyl (C=O) groups is 1. The smallest absolute Gasteiger partial charge is 0.423 e. The standard InChI is InChI=1S/C16H15N3O3/c1-18-13-8-7-12(17)9-14(13)19(15(18)20)16(21)22-10-11-5-3-2-4-6-11/h2-9H,10,17H2,1H3. The summed E-state index contributed by atoms with van der Waals surface area (Å²) in [5.41, 5.74) is 7.66. The Morgan fingerprint density at radius 2 is 1.86 bits per heavy atom. The fourth-order valence-corrected chi connectivity index (χ4v) is 2.32. The number of anilines is 1. The maximum absolute atomic E-state index is 12.3. The highest BCUT2D eigenvalue weighted by Gasteiger charge is 2.18. The Morgan fingerprint density at radius 3 is 2.59 bits per heavy atom. The van der Waals surface area contributed by atoms with Gasteiger partial charge in [0.15, 0.2) is 0 Å². The highest BCUT2D eigenvalue weighted by atomic mass is 16.5. The normalized spacial score (nSPS) is 10.8.